The van der Waals surface area contributed by atoms with E-state index in [0.29, 0.717) is 30.2 Å². The zero-order valence-corrected chi connectivity index (χ0v) is 15.8. The van der Waals surface area contributed by atoms with Crippen molar-refractivity contribution in [3.63, 3.8) is 0 Å². The lowest BCUT2D eigenvalue weighted by molar-refractivity contribution is 0.415. The largest absolute Gasteiger partial charge is 0.497 e. The summed E-state index contributed by atoms with van der Waals surface area (Å²) in [6, 6.07) is 7.74. The van der Waals surface area contributed by atoms with Crippen LogP contribution in [0.4, 0.5) is 11.6 Å². The van der Waals surface area contributed by atoms with Gasteiger partial charge in [0.25, 0.3) is 5.56 Å². The first-order valence-corrected chi connectivity index (χ1v) is 9.18. The van der Waals surface area contributed by atoms with Gasteiger partial charge in [-0.25, -0.2) is 4.79 Å². The molecule has 0 saturated heterocycles. The van der Waals surface area contributed by atoms with Gasteiger partial charge in [0, 0.05) is 32.4 Å². The summed E-state index contributed by atoms with van der Waals surface area (Å²) in [6.07, 6.45) is 1.82. The second-order valence-electron chi connectivity index (χ2n) is 6.74. The highest BCUT2D eigenvalue weighted by Crippen LogP contribution is 2.32. The van der Waals surface area contributed by atoms with Crippen molar-refractivity contribution < 1.29 is 4.74 Å². The van der Waals surface area contributed by atoms with E-state index in [4.69, 9.17) is 9.72 Å². The second kappa shape index (κ2) is 6.61. The van der Waals surface area contributed by atoms with Crippen molar-refractivity contribution in [1.29, 1.82) is 0 Å². The lowest BCUT2D eigenvalue weighted by Crippen LogP contribution is -2.38. The highest BCUT2D eigenvalue weighted by Gasteiger charge is 2.28. The van der Waals surface area contributed by atoms with Crippen molar-refractivity contribution in [3.05, 3.63) is 45.1 Å². The molecule has 2 aromatic heterocycles. The molecule has 8 nitrogen and oxygen atoms in total. The number of nitrogens with zero attached hydrogens (tertiary/aromatic N) is 5. The Labute approximate surface area is 156 Å². The van der Waals surface area contributed by atoms with Crippen molar-refractivity contribution in [2.75, 3.05) is 18.6 Å². The van der Waals surface area contributed by atoms with Crippen molar-refractivity contribution in [2.45, 2.75) is 32.9 Å². The summed E-state index contributed by atoms with van der Waals surface area (Å²) < 4.78 is 9.95. The van der Waals surface area contributed by atoms with Crippen LogP contribution in [-0.2, 0) is 20.1 Å². The maximum absolute atomic E-state index is 12.8. The van der Waals surface area contributed by atoms with Crippen LogP contribution in [0.3, 0.4) is 0 Å². The molecule has 0 amide bonds. The van der Waals surface area contributed by atoms with E-state index in [1.54, 1.807) is 11.7 Å². The van der Waals surface area contributed by atoms with Crippen molar-refractivity contribution in [3.8, 4) is 5.75 Å². The van der Waals surface area contributed by atoms with Gasteiger partial charge in [-0.05, 0) is 30.7 Å². The Hall–Kier alpha value is -3.03. The number of aromatic nitrogens is 4. The molecule has 3 aromatic rings. The number of aryl methyl sites for hydroxylation is 1. The van der Waals surface area contributed by atoms with Gasteiger partial charge in [0.1, 0.15) is 5.75 Å². The topological polar surface area (TPSA) is 74.3 Å². The van der Waals surface area contributed by atoms with Gasteiger partial charge in [-0.15, -0.1) is 0 Å². The molecule has 0 spiro atoms. The normalized spacial score (nSPS) is 13.4. The van der Waals surface area contributed by atoms with Gasteiger partial charge in [-0.1, -0.05) is 13.3 Å². The molecule has 0 radical (unpaired) electrons. The van der Waals surface area contributed by atoms with Crippen LogP contribution in [0, 0.1) is 0 Å². The predicted molar refractivity (Wildman–Crippen MR) is 104 cm³/mol. The van der Waals surface area contributed by atoms with Gasteiger partial charge in [-0.2, -0.15) is 4.98 Å². The van der Waals surface area contributed by atoms with Crippen LogP contribution in [-0.4, -0.2) is 32.3 Å². The maximum Gasteiger partial charge on any atom is 0.332 e. The van der Waals surface area contributed by atoms with Crippen LogP contribution < -0.4 is 20.9 Å². The van der Waals surface area contributed by atoms with Gasteiger partial charge >= 0.3 is 5.69 Å². The number of unbranched alkanes of at least 4 members (excludes halogenated alkanes) is 1. The predicted octanol–water partition coefficient (Wildman–Crippen LogP) is 1.86. The molecule has 1 aliphatic heterocycles. The number of benzene rings is 1. The lowest BCUT2D eigenvalue weighted by Gasteiger charge is -2.16. The molecule has 1 aromatic carbocycles. The summed E-state index contributed by atoms with van der Waals surface area (Å²) in [4.78, 5) is 32.2. The fourth-order valence-corrected chi connectivity index (χ4v) is 3.59. The van der Waals surface area contributed by atoms with E-state index in [2.05, 4.69) is 11.8 Å². The van der Waals surface area contributed by atoms with Gasteiger partial charge in [0.05, 0.1) is 7.11 Å². The van der Waals surface area contributed by atoms with Gasteiger partial charge in [-0.3, -0.25) is 13.9 Å². The molecule has 27 heavy (non-hydrogen) atoms. The van der Waals surface area contributed by atoms with E-state index in [1.807, 2.05) is 28.8 Å². The Bertz CT molecular complexity index is 1110. The molecular weight excluding hydrogens is 346 g/mol. The Morgan fingerprint density at radius 2 is 1.89 bits per heavy atom. The van der Waals surface area contributed by atoms with Crippen LogP contribution in [0.5, 0.6) is 5.75 Å². The summed E-state index contributed by atoms with van der Waals surface area (Å²) in [5.41, 5.74) is 1.35. The molecule has 0 bridgehead atoms. The Balaban J connectivity index is 1.89. The Morgan fingerprint density at radius 3 is 2.56 bits per heavy atom. The molecule has 0 saturated carbocycles. The van der Waals surface area contributed by atoms with E-state index in [-0.39, 0.29) is 11.2 Å². The maximum atomic E-state index is 12.8. The van der Waals surface area contributed by atoms with Gasteiger partial charge in [0.2, 0.25) is 5.95 Å². The second-order valence-corrected chi connectivity index (χ2v) is 6.74. The number of methoxy groups -OCH3 is 1. The minimum atomic E-state index is -0.311. The third kappa shape index (κ3) is 2.63. The average molecular weight is 369 g/mol. The first-order valence-electron chi connectivity index (χ1n) is 9.18. The molecule has 1 aliphatic rings. The number of anilines is 2. The summed E-state index contributed by atoms with van der Waals surface area (Å²) >= 11 is 0. The average Bonchev–Trinajstić information content (AvgIpc) is 3.25. The highest BCUT2D eigenvalue weighted by molar-refractivity contribution is 5.77. The molecule has 3 heterocycles. The number of rotatable bonds is 5. The van der Waals surface area contributed by atoms with Crippen molar-refractivity contribution in [1.82, 2.24) is 18.7 Å². The third-order valence-electron chi connectivity index (χ3n) is 5.12. The quantitative estimate of drug-likeness (QED) is 0.686. The summed E-state index contributed by atoms with van der Waals surface area (Å²) in [5.74, 6) is 1.48. The first kappa shape index (κ1) is 17.4. The fraction of sp³-hybridized carbons (Fsp3) is 0.421. The highest BCUT2D eigenvalue weighted by atomic mass is 16.5. The number of imidazole rings is 1. The van der Waals surface area contributed by atoms with E-state index in [0.717, 1.165) is 30.8 Å². The molecule has 0 atom stereocenters. The molecular formula is C19H23N5O3. The summed E-state index contributed by atoms with van der Waals surface area (Å²) in [6.45, 7) is 4.00. The van der Waals surface area contributed by atoms with E-state index >= 15 is 0 Å². The Morgan fingerprint density at radius 1 is 1.15 bits per heavy atom. The summed E-state index contributed by atoms with van der Waals surface area (Å²) in [5, 5.41) is 0. The van der Waals surface area contributed by atoms with Crippen molar-refractivity contribution >= 4 is 22.8 Å². The number of hydrogen-bond donors (Lipinski definition) is 0. The van der Waals surface area contributed by atoms with Crippen LogP contribution >= 0.6 is 0 Å². The van der Waals surface area contributed by atoms with Crippen LogP contribution in [0.2, 0.25) is 0 Å². The SMILES string of the molecule is CCCCn1c(=O)n(C)c(=O)c2c1nc1n2CCN1c1ccc(OC)cc1. The fourth-order valence-electron chi connectivity index (χ4n) is 3.59. The summed E-state index contributed by atoms with van der Waals surface area (Å²) in [7, 11) is 3.17. The molecule has 0 aliphatic carbocycles. The van der Waals surface area contributed by atoms with E-state index < -0.39 is 0 Å². The standard InChI is InChI=1S/C19H23N5O3/c1-4-5-10-24-16-15(17(25)21(2)19(24)26)23-12-11-22(18(23)20-16)13-6-8-14(27-3)9-7-13/h6-9H,4-5,10-12H2,1-3H3. The van der Waals surface area contributed by atoms with Crippen LogP contribution in [0.15, 0.2) is 33.9 Å². The molecule has 8 heteroatoms. The number of hydrogen-bond acceptors (Lipinski definition) is 5. The minimum Gasteiger partial charge on any atom is -0.497 e. The number of fused-ring (bicyclic) bond motifs is 3. The lowest BCUT2D eigenvalue weighted by atomic mass is 10.3. The minimum absolute atomic E-state index is 0.293. The van der Waals surface area contributed by atoms with Gasteiger partial charge in [0.15, 0.2) is 11.2 Å². The molecule has 0 N–H and O–H groups in total. The smallest absolute Gasteiger partial charge is 0.332 e. The van der Waals surface area contributed by atoms with Crippen LogP contribution in [0.25, 0.3) is 11.2 Å². The van der Waals surface area contributed by atoms with Crippen LogP contribution in [0.1, 0.15) is 19.8 Å². The number of ether oxygens (including phenoxy) is 1. The monoisotopic (exact) mass is 369 g/mol. The van der Waals surface area contributed by atoms with Gasteiger partial charge < -0.3 is 14.2 Å². The molecule has 4 rings (SSSR count). The zero-order chi connectivity index (χ0) is 19.1. The van der Waals surface area contributed by atoms with E-state index in [9.17, 15) is 9.59 Å². The zero-order valence-electron chi connectivity index (χ0n) is 15.8. The Kier molecular flexibility index (Phi) is 4.25. The molecule has 0 fully saturated rings. The van der Waals surface area contributed by atoms with Crippen molar-refractivity contribution in [2.24, 2.45) is 7.05 Å². The van der Waals surface area contributed by atoms with E-state index in [1.165, 1.54) is 11.6 Å². The first-order chi connectivity index (χ1) is 13.1. The molecule has 0 unspecified atom stereocenters. The third-order valence-corrected chi connectivity index (χ3v) is 5.12. The molecule has 142 valence electrons.